The standard InChI is InChI=1S/C14H16N2O3/c1-4-18-14(17)13-15-12(16-19-13)8-11-6-5-9(2)10(3)7-11/h5-7H,4,8H2,1-3H3. The Bertz CT molecular complexity index is 590. The van der Waals surface area contributed by atoms with Crippen LogP contribution in [0.25, 0.3) is 0 Å². The maximum Gasteiger partial charge on any atom is 0.397 e. The minimum atomic E-state index is -0.582. The first-order valence-corrected chi connectivity index (χ1v) is 6.16. The van der Waals surface area contributed by atoms with E-state index in [-0.39, 0.29) is 12.5 Å². The van der Waals surface area contributed by atoms with Crippen molar-refractivity contribution in [3.63, 3.8) is 0 Å². The third-order valence-electron chi connectivity index (χ3n) is 2.85. The molecule has 2 aromatic rings. The molecule has 0 saturated heterocycles. The summed E-state index contributed by atoms with van der Waals surface area (Å²) in [6, 6.07) is 6.15. The maximum atomic E-state index is 11.4. The molecule has 1 heterocycles. The predicted molar refractivity (Wildman–Crippen MR) is 69.0 cm³/mol. The molecule has 0 N–H and O–H groups in total. The molecule has 2 rings (SSSR count). The monoisotopic (exact) mass is 260 g/mol. The van der Waals surface area contributed by atoms with Crippen molar-refractivity contribution in [3.8, 4) is 0 Å². The Balaban J connectivity index is 2.11. The number of aryl methyl sites for hydroxylation is 2. The molecule has 0 bridgehead atoms. The summed E-state index contributed by atoms with van der Waals surface area (Å²) in [6.45, 7) is 6.13. The van der Waals surface area contributed by atoms with E-state index >= 15 is 0 Å². The lowest BCUT2D eigenvalue weighted by atomic mass is 10.0. The Morgan fingerprint density at radius 1 is 1.32 bits per heavy atom. The molecular weight excluding hydrogens is 244 g/mol. The van der Waals surface area contributed by atoms with Crippen molar-refractivity contribution < 1.29 is 14.1 Å². The zero-order valence-corrected chi connectivity index (χ0v) is 11.3. The molecular formula is C14H16N2O3. The van der Waals surface area contributed by atoms with Gasteiger partial charge in [0.05, 0.1) is 6.61 Å². The van der Waals surface area contributed by atoms with Crippen LogP contribution in [0.5, 0.6) is 0 Å². The highest BCUT2D eigenvalue weighted by molar-refractivity contribution is 5.83. The summed E-state index contributed by atoms with van der Waals surface area (Å²) in [5.74, 6) is -0.201. The maximum absolute atomic E-state index is 11.4. The van der Waals surface area contributed by atoms with Crippen LogP contribution < -0.4 is 0 Å². The fourth-order valence-electron chi connectivity index (χ4n) is 1.70. The average Bonchev–Trinajstić information content (AvgIpc) is 2.83. The average molecular weight is 260 g/mol. The van der Waals surface area contributed by atoms with Crippen molar-refractivity contribution in [3.05, 3.63) is 46.6 Å². The highest BCUT2D eigenvalue weighted by atomic mass is 16.6. The Hall–Kier alpha value is -2.17. The van der Waals surface area contributed by atoms with Gasteiger partial charge in [0, 0.05) is 6.42 Å². The molecule has 0 spiro atoms. The van der Waals surface area contributed by atoms with Crippen LogP contribution in [-0.4, -0.2) is 22.7 Å². The van der Waals surface area contributed by atoms with E-state index in [2.05, 4.69) is 36.1 Å². The van der Waals surface area contributed by atoms with Gasteiger partial charge in [-0.3, -0.25) is 0 Å². The van der Waals surface area contributed by atoms with E-state index in [1.54, 1.807) is 6.92 Å². The van der Waals surface area contributed by atoms with E-state index < -0.39 is 5.97 Å². The molecule has 19 heavy (non-hydrogen) atoms. The molecule has 0 aliphatic carbocycles. The fourth-order valence-corrected chi connectivity index (χ4v) is 1.70. The quantitative estimate of drug-likeness (QED) is 0.790. The van der Waals surface area contributed by atoms with Crippen molar-refractivity contribution in [2.24, 2.45) is 0 Å². The van der Waals surface area contributed by atoms with Crippen LogP contribution in [0, 0.1) is 13.8 Å². The zero-order chi connectivity index (χ0) is 13.8. The molecule has 0 amide bonds. The topological polar surface area (TPSA) is 65.2 Å². The van der Waals surface area contributed by atoms with Gasteiger partial charge in [-0.2, -0.15) is 4.98 Å². The number of benzene rings is 1. The van der Waals surface area contributed by atoms with Gasteiger partial charge >= 0.3 is 11.9 Å². The summed E-state index contributed by atoms with van der Waals surface area (Å²) in [6.07, 6.45) is 0.532. The van der Waals surface area contributed by atoms with Gasteiger partial charge in [0.1, 0.15) is 0 Å². The van der Waals surface area contributed by atoms with Gasteiger partial charge < -0.3 is 9.26 Å². The number of aromatic nitrogens is 2. The minimum absolute atomic E-state index is 0.0966. The Morgan fingerprint density at radius 3 is 2.79 bits per heavy atom. The SMILES string of the molecule is CCOC(=O)c1nc(Cc2ccc(C)c(C)c2)no1. The first-order valence-electron chi connectivity index (χ1n) is 6.16. The fraction of sp³-hybridized carbons (Fsp3) is 0.357. The van der Waals surface area contributed by atoms with Gasteiger partial charge in [0.15, 0.2) is 5.82 Å². The highest BCUT2D eigenvalue weighted by Gasteiger charge is 2.16. The molecule has 1 aromatic heterocycles. The van der Waals surface area contributed by atoms with E-state index in [4.69, 9.17) is 9.26 Å². The van der Waals surface area contributed by atoms with E-state index in [9.17, 15) is 4.79 Å². The first kappa shape index (κ1) is 13.3. The lowest BCUT2D eigenvalue weighted by Gasteiger charge is -2.02. The van der Waals surface area contributed by atoms with Crippen molar-refractivity contribution in [1.82, 2.24) is 10.1 Å². The van der Waals surface area contributed by atoms with E-state index in [0.29, 0.717) is 12.2 Å². The van der Waals surface area contributed by atoms with Gasteiger partial charge in [-0.25, -0.2) is 4.79 Å². The number of esters is 1. The Morgan fingerprint density at radius 2 is 2.11 bits per heavy atom. The zero-order valence-electron chi connectivity index (χ0n) is 11.3. The van der Waals surface area contributed by atoms with Gasteiger partial charge in [0.25, 0.3) is 0 Å². The molecule has 5 heteroatoms. The summed E-state index contributed by atoms with van der Waals surface area (Å²) in [5, 5.41) is 3.78. The summed E-state index contributed by atoms with van der Waals surface area (Å²) >= 11 is 0. The summed E-state index contributed by atoms with van der Waals surface area (Å²) in [5.41, 5.74) is 3.54. The van der Waals surface area contributed by atoms with Crippen molar-refractivity contribution in [1.29, 1.82) is 0 Å². The van der Waals surface area contributed by atoms with Crippen molar-refractivity contribution in [2.75, 3.05) is 6.61 Å². The number of ether oxygens (including phenoxy) is 1. The summed E-state index contributed by atoms with van der Waals surface area (Å²) in [4.78, 5) is 15.4. The van der Waals surface area contributed by atoms with E-state index in [0.717, 1.165) is 5.56 Å². The second kappa shape index (κ2) is 5.65. The van der Waals surface area contributed by atoms with Gasteiger partial charge in [-0.05, 0) is 37.5 Å². The van der Waals surface area contributed by atoms with Crippen LogP contribution in [0.2, 0.25) is 0 Å². The lowest BCUT2D eigenvalue weighted by molar-refractivity contribution is 0.0470. The molecule has 0 saturated carbocycles. The third-order valence-corrected chi connectivity index (χ3v) is 2.85. The molecule has 0 atom stereocenters. The lowest BCUT2D eigenvalue weighted by Crippen LogP contribution is -2.05. The van der Waals surface area contributed by atoms with E-state index in [1.165, 1.54) is 11.1 Å². The normalized spacial score (nSPS) is 10.5. The van der Waals surface area contributed by atoms with Crippen LogP contribution in [0.3, 0.4) is 0 Å². The largest absolute Gasteiger partial charge is 0.459 e. The number of hydrogen-bond donors (Lipinski definition) is 0. The van der Waals surface area contributed by atoms with Crippen molar-refractivity contribution >= 4 is 5.97 Å². The third kappa shape index (κ3) is 3.19. The van der Waals surface area contributed by atoms with Crippen LogP contribution in [0.1, 0.15) is 40.1 Å². The summed E-state index contributed by atoms with van der Waals surface area (Å²) in [7, 11) is 0. The number of rotatable bonds is 4. The first-order chi connectivity index (χ1) is 9.10. The molecule has 1 aromatic carbocycles. The molecule has 5 nitrogen and oxygen atoms in total. The summed E-state index contributed by atoms with van der Waals surface area (Å²) < 4.78 is 9.66. The minimum Gasteiger partial charge on any atom is -0.459 e. The molecule has 0 aliphatic rings. The second-order valence-electron chi connectivity index (χ2n) is 4.33. The molecule has 0 unspecified atom stereocenters. The van der Waals surface area contributed by atoms with Gasteiger partial charge in [-0.15, -0.1) is 0 Å². The predicted octanol–water partition coefficient (Wildman–Crippen LogP) is 2.45. The molecule has 0 fully saturated rings. The number of carbonyl (C=O) groups excluding carboxylic acids is 1. The number of nitrogens with zero attached hydrogens (tertiary/aromatic N) is 2. The van der Waals surface area contributed by atoms with Gasteiger partial charge in [0.2, 0.25) is 0 Å². The molecule has 0 radical (unpaired) electrons. The molecule has 100 valence electrons. The van der Waals surface area contributed by atoms with Crippen molar-refractivity contribution in [2.45, 2.75) is 27.2 Å². The Kier molecular flexibility index (Phi) is 3.94. The van der Waals surface area contributed by atoms with Crippen LogP contribution in [0.4, 0.5) is 0 Å². The van der Waals surface area contributed by atoms with E-state index in [1.807, 2.05) is 6.07 Å². The second-order valence-corrected chi connectivity index (χ2v) is 4.33. The van der Waals surface area contributed by atoms with Crippen LogP contribution in [0.15, 0.2) is 22.7 Å². The number of carbonyl (C=O) groups is 1. The Labute approximate surface area is 111 Å². The van der Waals surface area contributed by atoms with Crippen LogP contribution >= 0.6 is 0 Å². The molecule has 0 aliphatic heterocycles. The number of hydrogen-bond acceptors (Lipinski definition) is 5. The smallest absolute Gasteiger partial charge is 0.397 e. The van der Waals surface area contributed by atoms with Gasteiger partial charge in [-0.1, -0.05) is 23.4 Å². The van der Waals surface area contributed by atoms with Crippen LogP contribution in [-0.2, 0) is 11.2 Å². The highest BCUT2D eigenvalue weighted by Crippen LogP contribution is 2.13.